The summed E-state index contributed by atoms with van der Waals surface area (Å²) in [5, 5.41) is 4.71. The third-order valence-electron chi connectivity index (χ3n) is 7.15. The molecule has 0 aromatic heterocycles. The molecule has 0 radical (unpaired) electrons. The van der Waals surface area contributed by atoms with Crippen molar-refractivity contribution in [3.05, 3.63) is 113 Å². The molecule has 4 aromatic carbocycles. The zero-order valence-corrected chi connectivity index (χ0v) is 26.3. The monoisotopic (exact) mass is 649 g/mol. The van der Waals surface area contributed by atoms with E-state index in [1.165, 1.54) is 11.9 Å². The van der Waals surface area contributed by atoms with Crippen molar-refractivity contribution < 1.29 is 18.0 Å². The minimum atomic E-state index is -3.98. The highest BCUT2D eigenvalue weighted by Crippen LogP contribution is 2.22. The van der Waals surface area contributed by atoms with Crippen LogP contribution in [0.25, 0.3) is 10.8 Å². The zero-order chi connectivity index (χ0) is 30.1. The molecule has 1 atom stereocenters. The topological polar surface area (TPSA) is 86.8 Å². The molecule has 9 heteroatoms. The van der Waals surface area contributed by atoms with Crippen LogP contribution in [0.5, 0.6) is 0 Å². The van der Waals surface area contributed by atoms with Crippen LogP contribution in [0.1, 0.15) is 30.9 Å². The molecule has 0 aliphatic carbocycles. The summed E-state index contributed by atoms with van der Waals surface area (Å²) in [6, 6.07) is 28.7. The van der Waals surface area contributed by atoms with E-state index in [4.69, 9.17) is 0 Å². The number of amides is 2. The minimum Gasteiger partial charge on any atom is -0.354 e. The lowest BCUT2D eigenvalue weighted by Crippen LogP contribution is -2.53. The Morgan fingerprint density at radius 2 is 1.52 bits per heavy atom. The van der Waals surface area contributed by atoms with Gasteiger partial charge in [0.15, 0.2) is 0 Å². The van der Waals surface area contributed by atoms with E-state index in [-0.39, 0.29) is 17.3 Å². The van der Waals surface area contributed by atoms with Gasteiger partial charge in [0.1, 0.15) is 6.04 Å². The van der Waals surface area contributed by atoms with Crippen LogP contribution < -0.4 is 5.32 Å². The third-order valence-corrected chi connectivity index (χ3v) is 9.48. The van der Waals surface area contributed by atoms with Crippen LogP contribution in [0.15, 0.2) is 106 Å². The van der Waals surface area contributed by atoms with Crippen molar-refractivity contribution in [2.75, 3.05) is 20.1 Å². The summed E-state index contributed by atoms with van der Waals surface area (Å²) in [6.45, 7) is 2.27. The van der Waals surface area contributed by atoms with E-state index in [0.29, 0.717) is 13.0 Å². The molecule has 4 aromatic rings. The molecule has 1 N–H and O–H groups in total. The predicted octanol–water partition coefficient (Wildman–Crippen LogP) is 5.78. The SMILES string of the molecule is CCCCNC(=O)[C@H](Cc1ccccc1)N(Cc1ccc(Br)cc1)C(=O)CN(C)S(=O)(=O)c1ccc2ccccc2c1. The molecule has 0 saturated heterocycles. The van der Waals surface area contributed by atoms with Crippen LogP contribution in [0.3, 0.4) is 0 Å². The van der Waals surface area contributed by atoms with E-state index in [1.54, 1.807) is 18.2 Å². The molecule has 0 spiro atoms. The normalized spacial score (nSPS) is 12.3. The van der Waals surface area contributed by atoms with Crippen LogP contribution >= 0.6 is 15.9 Å². The maximum Gasteiger partial charge on any atom is 0.243 e. The number of carbonyl (C=O) groups is 2. The van der Waals surface area contributed by atoms with E-state index in [1.807, 2.05) is 85.8 Å². The largest absolute Gasteiger partial charge is 0.354 e. The molecule has 42 heavy (non-hydrogen) atoms. The van der Waals surface area contributed by atoms with Gasteiger partial charge in [-0.05, 0) is 52.6 Å². The molecule has 220 valence electrons. The van der Waals surface area contributed by atoms with Gasteiger partial charge in [0.25, 0.3) is 0 Å². The summed E-state index contributed by atoms with van der Waals surface area (Å²) in [6.07, 6.45) is 2.03. The Hall–Kier alpha value is -3.53. The molecule has 0 saturated carbocycles. The Morgan fingerprint density at radius 3 is 2.21 bits per heavy atom. The van der Waals surface area contributed by atoms with Gasteiger partial charge in [-0.25, -0.2) is 8.42 Å². The number of sulfonamides is 1. The van der Waals surface area contributed by atoms with Gasteiger partial charge in [-0.1, -0.05) is 102 Å². The van der Waals surface area contributed by atoms with Gasteiger partial charge in [-0.15, -0.1) is 0 Å². The Kier molecular flexibility index (Phi) is 10.9. The van der Waals surface area contributed by atoms with Gasteiger partial charge in [0.05, 0.1) is 11.4 Å². The quantitative estimate of drug-likeness (QED) is 0.186. The lowest BCUT2D eigenvalue weighted by Gasteiger charge is -2.32. The number of carbonyl (C=O) groups excluding carboxylic acids is 2. The Balaban J connectivity index is 1.65. The minimum absolute atomic E-state index is 0.106. The molecule has 0 aliphatic rings. The van der Waals surface area contributed by atoms with Gasteiger partial charge in [0.2, 0.25) is 21.8 Å². The second kappa shape index (κ2) is 14.6. The van der Waals surface area contributed by atoms with Crippen molar-refractivity contribution in [2.24, 2.45) is 0 Å². The first-order valence-corrected chi connectivity index (χ1v) is 16.2. The van der Waals surface area contributed by atoms with Crippen LogP contribution in [-0.2, 0) is 32.6 Å². The lowest BCUT2D eigenvalue weighted by atomic mass is 10.0. The lowest BCUT2D eigenvalue weighted by molar-refractivity contribution is -0.141. The number of hydrogen-bond acceptors (Lipinski definition) is 4. The summed E-state index contributed by atoms with van der Waals surface area (Å²) in [4.78, 5) is 29.2. The van der Waals surface area contributed by atoms with E-state index in [2.05, 4.69) is 21.2 Å². The number of nitrogens with one attached hydrogen (secondary N) is 1. The molecular weight excluding hydrogens is 614 g/mol. The number of nitrogens with zero attached hydrogens (tertiary/aromatic N) is 2. The second-order valence-corrected chi connectivity index (χ2v) is 13.2. The average molecular weight is 651 g/mol. The predicted molar refractivity (Wildman–Crippen MR) is 170 cm³/mol. The fourth-order valence-corrected chi connectivity index (χ4v) is 6.14. The summed E-state index contributed by atoms with van der Waals surface area (Å²) in [5.41, 5.74) is 1.73. The molecule has 4 rings (SSSR count). The first-order chi connectivity index (χ1) is 20.2. The van der Waals surface area contributed by atoms with Crippen LogP contribution in [-0.4, -0.2) is 55.6 Å². The number of likely N-dealkylation sites (N-methyl/N-ethyl adjacent to an activating group) is 1. The summed E-state index contributed by atoms with van der Waals surface area (Å²) in [5.74, 6) is -0.728. The fourth-order valence-electron chi connectivity index (χ4n) is 4.72. The average Bonchev–Trinajstić information content (AvgIpc) is 3.00. The Labute approximate surface area is 256 Å². The zero-order valence-electron chi connectivity index (χ0n) is 23.9. The number of benzene rings is 4. The first kappa shape index (κ1) is 31.4. The molecule has 7 nitrogen and oxygen atoms in total. The summed E-state index contributed by atoms with van der Waals surface area (Å²) >= 11 is 3.45. The third kappa shape index (κ3) is 8.06. The van der Waals surface area contributed by atoms with Crippen molar-refractivity contribution >= 4 is 48.5 Å². The van der Waals surface area contributed by atoms with Crippen LogP contribution in [0.4, 0.5) is 0 Å². The highest BCUT2D eigenvalue weighted by atomic mass is 79.9. The number of halogens is 1. The first-order valence-electron chi connectivity index (χ1n) is 14.0. The summed E-state index contributed by atoms with van der Waals surface area (Å²) in [7, 11) is -2.58. The molecule has 0 bridgehead atoms. The summed E-state index contributed by atoms with van der Waals surface area (Å²) < 4.78 is 29.1. The molecule has 0 aliphatic heterocycles. The highest BCUT2D eigenvalue weighted by Gasteiger charge is 2.33. The van der Waals surface area contributed by atoms with Crippen LogP contribution in [0.2, 0.25) is 0 Å². The van der Waals surface area contributed by atoms with Gasteiger partial charge < -0.3 is 10.2 Å². The smallest absolute Gasteiger partial charge is 0.243 e. The fraction of sp³-hybridized carbons (Fsp3) is 0.273. The number of rotatable bonds is 13. The van der Waals surface area contributed by atoms with Gasteiger partial charge in [-0.2, -0.15) is 4.31 Å². The maximum absolute atomic E-state index is 14.0. The van der Waals surface area contributed by atoms with E-state index in [9.17, 15) is 18.0 Å². The number of fused-ring (bicyclic) bond motifs is 1. The number of unbranched alkanes of at least 4 members (excludes halogenated alkanes) is 1. The van der Waals surface area contributed by atoms with Crippen molar-refractivity contribution in [3.8, 4) is 0 Å². The van der Waals surface area contributed by atoms with Gasteiger partial charge in [0, 0.05) is 31.0 Å². The number of hydrogen-bond donors (Lipinski definition) is 1. The maximum atomic E-state index is 14.0. The van der Waals surface area contributed by atoms with Crippen molar-refractivity contribution in [3.63, 3.8) is 0 Å². The molecule has 0 heterocycles. The Bertz CT molecular complexity index is 1610. The van der Waals surface area contributed by atoms with Crippen LogP contribution in [0, 0.1) is 0 Å². The van der Waals surface area contributed by atoms with E-state index >= 15 is 0 Å². The molecular formula is C33H36BrN3O4S. The molecule has 2 amide bonds. The second-order valence-electron chi connectivity index (χ2n) is 10.3. The van der Waals surface area contributed by atoms with E-state index in [0.717, 1.165) is 43.5 Å². The standard InChI is InChI=1S/C33H36BrN3O4S/c1-3-4-20-35-33(39)31(21-25-10-6-5-7-11-25)37(23-26-14-17-29(34)18-15-26)32(38)24-36(2)42(40,41)30-19-16-27-12-8-9-13-28(27)22-30/h5-19,22,31H,3-4,20-21,23-24H2,1-2H3,(H,35,39)/t31-/m0/s1. The van der Waals surface area contributed by atoms with Crippen molar-refractivity contribution in [2.45, 2.75) is 43.7 Å². The Morgan fingerprint density at radius 1 is 0.857 bits per heavy atom. The molecule has 0 fully saturated rings. The van der Waals surface area contributed by atoms with Gasteiger partial charge >= 0.3 is 0 Å². The molecule has 0 unspecified atom stereocenters. The van der Waals surface area contributed by atoms with Crippen molar-refractivity contribution in [1.82, 2.24) is 14.5 Å². The van der Waals surface area contributed by atoms with Gasteiger partial charge in [-0.3, -0.25) is 9.59 Å². The van der Waals surface area contributed by atoms with Crippen molar-refractivity contribution in [1.29, 1.82) is 0 Å². The highest BCUT2D eigenvalue weighted by molar-refractivity contribution is 9.10. The van der Waals surface area contributed by atoms with E-state index < -0.39 is 28.5 Å².